The zero-order chi connectivity index (χ0) is 13.7. The first-order chi connectivity index (χ1) is 8.47. The van der Waals surface area contributed by atoms with Crippen molar-refractivity contribution in [3.8, 4) is 0 Å². The first-order valence-corrected chi connectivity index (χ1v) is 6.86. The highest BCUT2D eigenvalue weighted by Crippen LogP contribution is 2.20. The number of aliphatic carboxylic acids is 1. The highest BCUT2D eigenvalue weighted by atomic mass is 32.2. The summed E-state index contributed by atoms with van der Waals surface area (Å²) in [6, 6.07) is 6.85. The predicted octanol–water partition coefficient (Wildman–Crippen LogP) is 2.25. The van der Waals surface area contributed by atoms with E-state index < -0.39 is 17.9 Å². The Morgan fingerprint density at radius 3 is 2.44 bits per heavy atom. The number of nitrogens with one attached hydrogen (secondary N) is 1. The van der Waals surface area contributed by atoms with Gasteiger partial charge in [0.15, 0.2) is 0 Å². The van der Waals surface area contributed by atoms with Gasteiger partial charge in [-0.1, -0.05) is 12.1 Å². The molecule has 1 aromatic rings. The number of thioether (sulfide) groups is 1. The van der Waals surface area contributed by atoms with Gasteiger partial charge in [0.05, 0.1) is 11.5 Å². The topological polar surface area (TPSA) is 66.4 Å². The fraction of sp³-hybridized carbons (Fsp3) is 0.385. The fourth-order valence-corrected chi connectivity index (χ4v) is 2.05. The third-order valence-electron chi connectivity index (χ3n) is 2.85. The zero-order valence-corrected chi connectivity index (χ0v) is 11.5. The van der Waals surface area contributed by atoms with Crippen molar-refractivity contribution >= 4 is 23.6 Å². The van der Waals surface area contributed by atoms with Crippen LogP contribution >= 0.6 is 11.8 Å². The number of hydrogen-bond donors (Lipinski definition) is 2. The maximum absolute atomic E-state index is 12.0. The van der Waals surface area contributed by atoms with Crippen molar-refractivity contribution in [3.63, 3.8) is 0 Å². The lowest BCUT2D eigenvalue weighted by Crippen LogP contribution is -2.40. The van der Waals surface area contributed by atoms with Gasteiger partial charge in [-0.15, -0.1) is 11.8 Å². The first-order valence-electron chi connectivity index (χ1n) is 5.64. The van der Waals surface area contributed by atoms with Crippen molar-refractivity contribution in [2.75, 3.05) is 6.26 Å². The molecule has 1 amide bonds. The van der Waals surface area contributed by atoms with E-state index in [2.05, 4.69) is 5.32 Å². The van der Waals surface area contributed by atoms with Gasteiger partial charge in [0.2, 0.25) is 0 Å². The van der Waals surface area contributed by atoms with Crippen LogP contribution in [0.15, 0.2) is 29.2 Å². The molecule has 2 atom stereocenters. The molecule has 98 valence electrons. The van der Waals surface area contributed by atoms with E-state index in [9.17, 15) is 9.59 Å². The molecule has 0 saturated heterocycles. The molecule has 0 aliphatic heterocycles. The highest BCUT2D eigenvalue weighted by Gasteiger charge is 2.22. The van der Waals surface area contributed by atoms with Crippen LogP contribution in [0.2, 0.25) is 0 Å². The quantitative estimate of drug-likeness (QED) is 0.803. The summed E-state index contributed by atoms with van der Waals surface area (Å²) in [5, 5.41) is 11.6. The van der Waals surface area contributed by atoms with Crippen LogP contribution in [-0.4, -0.2) is 29.3 Å². The van der Waals surface area contributed by atoms with Crippen molar-refractivity contribution in [1.29, 1.82) is 0 Å². The molecule has 2 N–H and O–H groups in total. The molecule has 0 spiro atoms. The second-order valence-corrected chi connectivity index (χ2v) is 4.94. The van der Waals surface area contributed by atoms with E-state index in [1.54, 1.807) is 26.0 Å². The maximum Gasteiger partial charge on any atom is 0.308 e. The number of benzene rings is 1. The lowest BCUT2D eigenvalue weighted by Gasteiger charge is -2.18. The van der Waals surface area contributed by atoms with Crippen molar-refractivity contribution in [2.45, 2.75) is 24.8 Å². The second-order valence-electron chi connectivity index (χ2n) is 4.09. The van der Waals surface area contributed by atoms with Crippen molar-refractivity contribution in [2.24, 2.45) is 5.92 Å². The van der Waals surface area contributed by atoms with Crippen LogP contribution in [-0.2, 0) is 4.79 Å². The van der Waals surface area contributed by atoms with Gasteiger partial charge in [-0.25, -0.2) is 0 Å². The molecule has 2 unspecified atom stereocenters. The molecular formula is C13H17NO3S. The van der Waals surface area contributed by atoms with E-state index in [-0.39, 0.29) is 5.91 Å². The van der Waals surface area contributed by atoms with Crippen molar-refractivity contribution in [1.82, 2.24) is 5.32 Å². The summed E-state index contributed by atoms with van der Waals surface area (Å²) in [6.45, 7) is 3.27. The van der Waals surface area contributed by atoms with Gasteiger partial charge in [-0.3, -0.25) is 9.59 Å². The number of carbonyl (C=O) groups is 2. The van der Waals surface area contributed by atoms with E-state index in [1.165, 1.54) is 11.8 Å². The Morgan fingerprint density at radius 2 is 1.89 bits per heavy atom. The molecule has 4 nitrogen and oxygen atoms in total. The molecule has 0 aliphatic rings. The molecule has 1 aromatic carbocycles. The summed E-state index contributed by atoms with van der Waals surface area (Å²) in [5.41, 5.74) is 0.578. The van der Waals surface area contributed by atoms with Crippen LogP contribution in [0.5, 0.6) is 0 Å². The zero-order valence-electron chi connectivity index (χ0n) is 10.6. The monoisotopic (exact) mass is 267 g/mol. The van der Waals surface area contributed by atoms with E-state index in [1.807, 2.05) is 18.4 Å². The smallest absolute Gasteiger partial charge is 0.308 e. The molecule has 0 saturated carbocycles. The lowest BCUT2D eigenvalue weighted by molar-refractivity contribution is -0.141. The second kappa shape index (κ2) is 6.44. The summed E-state index contributed by atoms with van der Waals surface area (Å²) < 4.78 is 0. The van der Waals surface area contributed by atoms with Gasteiger partial charge in [0.1, 0.15) is 0 Å². The molecule has 0 aromatic heterocycles. The molecule has 0 radical (unpaired) electrons. The summed E-state index contributed by atoms with van der Waals surface area (Å²) >= 11 is 1.49. The van der Waals surface area contributed by atoms with Crippen molar-refractivity contribution < 1.29 is 14.7 Å². The Balaban J connectivity index is 2.79. The summed E-state index contributed by atoms with van der Waals surface area (Å²) in [4.78, 5) is 23.8. The largest absolute Gasteiger partial charge is 0.481 e. The summed E-state index contributed by atoms with van der Waals surface area (Å²) in [5.74, 6) is -1.77. The Morgan fingerprint density at radius 1 is 1.28 bits per heavy atom. The van der Waals surface area contributed by atoms with Crippen LogP contribution in [0.3, 0.4) is 0 Å². The van der Waals surface area contributed by atoms with E-state index in [4.69, 9.17) is 5.11 Å². The number of amides is 1. The number of carbonyl (C=O) groups excluding carboxylic acids is 1. The third-order valence-corrected chi connectivity index (χ3v) is 3.65. The normalized spacial score (nSPS) is 13.7. The number of rotatable bonds is 5. The van der Waals surface area contributed by atoms with E-state index >= 15 is 0 Å². The maximum atomic E-state index is 12.0. The minimum atomic E-state index is -0.916. The van der Waals surface area contributed by atoms with Crippen LogP contribution < -0.4 is 5.32 Å². The van der Waals surface area contributed by atoms with E-state index in [0.29, 0.717) is 5.56 Å². The standard InChI is InChI=1S/C13H17NO3S/c1-8(13(16)17)9(2)14-12(15)10-6-4-5-7-11(10)18-3/h4-9H,1-3H3,(H,14,15)(H,16,17). The fourth-order valence-electron chi connectivity index (χ4n) is 1.46. The van der Waals surface area contributed by atoms with Gasteiger partial charge < -0.3 is 10.4 Å². The van der Waals surface area contributed by atoms with Crippen LogP contribution in [0.4, 0.5) is 0 Å². The molecule has 1 rings (SSSR count). The molecule has 18 heavy (non-hydrogen) atoms. The Kier molecular flexibility index (Phi) is 5.22. The van der Waals surface area contributed by atoms with Gasteiger partial charge in [-0.2, -0.15) is 0 Å². The van der Waals surface area contributed by atoms with Gasteiger partial charge in [-0.05, 0) is 32.2 Å². The molecule has 0 heterocycles. The molecular weight excluding hydrogens is 250 g/mol. The predicted molar refractivity (Wildman–Crippen MR) is 72.0 cm³/mol. The van der Waals surface area contributed by atoms with Crippen LogP contribution in [0.1, 0.15) is 24.2 Å². The van der Waals surface area contributed by atoms with Crippen molar-refractivity contribution in [3.05, 3.63) is 29.8 Å². The average Bonchev–Trinajstić information content (AvgIpc) is 2.37. The van der Waals surface area contributed by atoms with Crippen LogP contribution in [0.25, 0.3) is 0 Å². The summed E-state index contributed by atoms with van der Waals surface area (Å²) in [6.07, 6.45) is 1.90. The SMILES string of the molecule is CSc1ccccc1C(=O)NC(C)C(C)C(=O)O. The number of hydrogen-bond acceptors (Lipinski definition) is 3. The number of carboxylic acids is 1. The van der Waals surface area contributed by atoms with Gasteiger partial charge in [0.25, 0.3) is 5.91 Å². The Labute approximate surface area is 111 Å². The third kappa shape index (κ3) is 3.50. The Hall–Kier alpha value is -1.49. The van der Waals surface area contributed by atoms with Gasteiger partial charge in [0, 0.05) is 10.9 Å². The first kappa shape index (κ1) is 14.6. The number of carboxylic acid groups (broad SMARTS) is 1. The molecule has 0 fully saturated rings. The van der Waals surface area contributed by atoms with Gasteiger partial charge >= 0.3 is 5.97 Å². The summed E-state index contributed by atoms with van der Waals surface area (Å²) in [7, 11) is 0. The Bertz CT molecular complexity index is 448. The van der Waals surface area contributed by atoms with Crippen LogP contribution in [0, 0.1) is 5.92 Å². The minimum absolute atomic E-state index is 0.236. The molecule has 5 heteroatoms. The highest BCUT2D eigenvalue weighted by molar-refractivity contribution is 7.98. The van der Waals surface area contributed by atoms with E-state index in [0.717, 1.165) is 4.90 Å². The molecule has 0 bridgehead atoms. The average molecular weight is 267 g/mol. The lowest BCUT2D eigenvalue weighted by atomic mass is 10.0. The molecule has 0 aliphatic carbocycles. The minimum Gasteiger partial charge on any atom is -0.481 e.